The van der Waals surface area contributed by atoms with Crippen molar-refractivity contribution in [3.05, 3.63) is 61.5 Å². The second-order valence-corrected chi connectivity index (χ2v) is 6.79. The molecule has 2 aromatic rings. The molecule has 0 aliphatic carbocycles. The molecule has 3 N–H and O–H groups in total. The van der Waals surface area contributed by atoms with Crippen LogP contribution in [0.1, 0.15) is 17.2 Å². The van der Waals surface area contributed by atoms with Crippen molar-refractivity contribution in [3.63, 3.8) is 0 Å². The first-order valence-corrected chi connectivity index (χ1v) is 8.24. The molecule has 0 aliphatic heterocycles. The van der Waals surface area contributed by atoms with Gasteiger partial charge in [-0.1, -0.05) is 43.5 Å². The van der Waals surface area contributed by atoms with Crippen LogP contribution in [0.4, 0.5) is 0 Å². The Balaban J connectivity index is 2.30. The minimum Gasteiger partial charge on any atom is -0.497 e. The summed E-state index contributed by atoms with van der Waals surface area (Å²) in [6.07, 6.45) is 0.709. The summed E-state index contributed by atoms with van der Waals surface area (Å²) in [7, 11) is 1.65. The van der Waals surface area contributed by atoms with Gasteiger partial charge in [0.1, 0.15) is 5.75 Å². The summed E-state index contributed by atoms with van der Waals surface area (Å²) >= 11 is 13.1. The van der Waals surface area contributed by atoms with E-state index in [9.17, 15) is 0 Å². The van der Waals surface area contributed by atoms with E-state index in [1.54, 1.807) is 7.11 Å². The Morgan fingerprint density at radius 2 is 2.00 bits per heavy atom. The van der Waals surface area contributed by atoms with Gasteiger partial charge in [-0.25, -0.2) is 0 Å². The molecule has 3 nitrogen and oxygen atoms in total. The normalized spacial score (nSPS) is 12.2. The predicted molar refractivity (Wildman–Crippen MR) is 93.6 cm³/mol. The van der Waals surface area contributed by atoms with Crippen LogP contribution in [0.15, 0.2) is 45.3 Å². The number of rotatable bonds is 5. The fourth-order valence-electron chi connectivity index (χ4n) is 2.10. The van der Waals surface area contributed by atoms with Crippen LogP contribution in [0.3, 0.4) is 0 Å². The van der Waals surface area contributed by atoms with Crippen molar-refractivity contribution in [1.29, 1.82) is 0 Å². The fourth-order valence-corrected chi connectivity index (χ4v) is 3.40. The highest BCUT2D eigenvalue weighted by Crippen LogP contribution is 2.29. The standard InChI is InChI=1S/C15H15Br2ClN2O/c1-21-13-2-3-14(17)9(6-13)7-15(20-19)10-4-11(16)8-12(18)5-10/h2-6,8,15,20H,7,19H2,1H3. The third kappa shape index (κ3) is 4.44. The monoisotopic (exact) mass is 432 g/mol. The SMILES string of the molecule is COc1ccc(Br)c(CC(NN)c2cc(Cl)cc(Br)c2)c1. The molecule has 0 heterocycles. The van der Waals surface area contributed by atoms with Gasteiger partial charge < -0.3 is 4.74 Å². The molecule has 0 fully saturated rings. The lowest BCUT2D eigenvalue weighted by Crippen LogP contribution is -2.29. The third-order valence-electron chi connectivity index (χ3n) is 3.17. The van der Waals surface area contributed by atoms with E-state index >= 15 is 0 Å². The van der Waals surface area contributed by atoms with Crippen LogP contribution in [0.25, 0.3) is 0 Å². The van der Waals surface area contributed by atoms with Crippen LogP contribution < -0.4 is 16.0 Å². The Hall–Kier alpha value is -0.590. The number of benzene rings is 2. The summed E-state index contributed by atoms with van der Waals surface area (Å²) in [5.74, 6) is 6.53. The zero-order chi connectivity index (χ0) is 15.4. The molecule has 0 bridgehead atoms. The number of hydrogen-bond acceptors (Lipinski definition) is 3. The maximum absolute atomic E-state index is 6.11. The molecular formula is C15H15Br2ClN2O. The Kier molecular flexibility index (Phi) is 6.08. The van der Waals surface area contributed by atoms with Gasteiger partial charge in [0.2, 0.25) is 0 Å². The quantitative estimate of drug-likeness (QED) is 0.533. The number of hydrogen-bond donors (Lipinski definition) is 2. The molecule has 0 radical (unpaired) electrons. The van der Waals surface area contributed by atoms with Crippen molar-refractivity contribution >= 4 is 43.5 Å². The van der Waals surface area contributed by atoms with E-state index in [1.807, 2.05) is 36.4 Å². The van der Waals surface area contributed by atoms with Crippen LogP contribution in [0.2, 0.25) is 5.02 Å². The van der Waals surface area contributed by atoms with Gasteiger partial charge in [0.25, 0.3) is 0 Å². The molecule has 1 unspecified atom stereocenters. The average Bonchev–Trinajstić information content (AvgIpc) is 2.45. The molecule has 6 heteroatoms. The molecular weight excluding hydrogens is 419 g/mol. The van der Waals surface area contributed by atoms with Gasteiger partial charge in [0.05, 0.1) is 13.2 Å². The fraction of sp³-hybridized carbons (Fsp3) is 0.200. The number of ether oxygens (including phenoxy) is 1. The molecule has 0 amide bonds. The molecule has 2 aromatic carbocycles. The number of nitrogens with two attached hydrogens (primary N) is 1. The molecule has 0 aromatic heterocycles. The maximum atomic E-state index is 6.11. The minimum atomic E-state index is -0.0524. The number of hydrazine groups is 1. The van der Waals surface area contributed by atoms with Crippen LogP contribution in [-0.4, -0.2) is 7.11 Å². The van der Waals surface area contributed by atoms with Crippen LogP contribution in [0, 0.1) is 0 Å². The Bertz CT molecular complexity index is 617. The number of halogens is 3. The molecule has 2 rings (SSSR count). The van der Waals surface area contributed by atoms with Gasteiger partial charge in [-0.15, -0.1) is 0 Å². The van der Waals surface area contributed by atoms with Crippen molar-refractivity contribution in [2.24, 2.45) is 5.84 Å². The Labute approximate surface area is 146 Å². The topological polar surface area (TPSA) is 47.3 Å². The zero-order valence-corrected chi connectivity index (χ0v) is 15.3. The lowest BCUT2D eigenvalue weighted by atomic mass is 9.99. The lowest BCUT2D eigenvalue weighted by molar-refractivity contribution is 0.413. The van der Waals surface area contributed by atoms with Crippen molar-refractivity contribution in [2.45, 2.75) is 12.5 Å². The summed E-state index contributed by atoms with van der Waals surface area (Å²) in [5, 5.41) is 0.671. The predicted octanol–water partition coefficient (Wildman–Crippen LogP) is 4.62. The summed E-state index contributed by atoms with van der Waals surface area (Å²) in [4.78, 5) is 0. The Morgan fingerprint density at radius 3 is 2.62 bits per heavy atom. The summed E-state index contributed by atoms with van der Waals surface area (Å²) < 4.78 is 7.21. The highest BCUT2D eigenvalue weighted by Gasteiger charge is 2.14. The number of methoxy groups -OCH3 is 1. The highest BCUT2D eigenvalue weighted by molar-refractivity contribution is 9.10. The first-order valence-electron chi connectivity index (χ1n) is 6.28. The van der Waals surface area contributed by atoms with Crippen LogP contribution >= 0.6 is 43.5 Å². The van der Waals surface area contributed by atoms with E-state index in [2.05, 4.69) is 37.3 Å². The minimum absolute atomic E-state index is 0.0524. The molecule has 21 heavy (non-hydrogen) atoms. The van der Waals surface area contributed by atoms with Gasteiger partial charge in [0.15, 0.2) is 0 Å². The largest absolute Gasteiger partial charge is 0.497 e. The van der Waals surface area contributed by atoms with Gasteiger partial charge >= 0.3 is 0 Å². The average molecular weight is 435 g/mol. The van der Waals surface area contributed by atoms with Crippen LogP contribution in [0.5, 0.6) is 5.75 Å². The van der Waals surface area contributed by atoms with E-state index in [0.29, 0.717) is 11.4 Å². The molecule has 0 saturated carbocycles. The maximum Gasteiger partial charge on any atom is 0.119 e. The van der Waals surface area contributed by atoms with Crippen molar-refractivity contribution in [1.82, 2.24) is 5.43 Å². The summed E-state index contributed by atoms with van der Waals surface area (Å²) in [5.41, 5.74) is 4.97. The first-order chi connectivity index (χ1) is 10.0. The van der Waals surface area contributed by atoms with Crippen molar-refractivity contribution in [3.8, 4) is 5.75 Å². The highest BCUT2D eigenvalue weighted by atomic mass is 79.9. The van der Waals surface area contributed by atoms with E-state index in [4.69, 9.17) is 22.2 Å². The van der Waals surface area contributed by atoms with E-state index in [0.717, 1.165) is 25.8 Å². The molecule has 0 aliphatic rings. The summed E-state index contributed by atoms with van der Waals surface area (Å²) in [6.45, 7) is 0. The molecule has 0 saturated heterocycles. The first kappa shape index (κ1) is 16.8. The van der Waals surface area contributed by atoms with Gasteiger partial charge in [-0.05, 0) is 53.9 Å². The lowest BCUT2D eigenvalue weighted by Gasteiger charge is -2.18. The Morgan fingerprint density at radius 1 is 1.24 bits per heavy atom. The number of nitrogens with one attached hydrogen (secondary N) is 1. The third-order valence-corrected chi connectivity index (χ3v) is 4.62. The van der Waals surface area contributed by atoms with Gasteiger partial charge in [0, 0.05) is 14.0 Å². The molecule has 0 spiro atoms. The van der Waals surface area contributed by atoms with E-state index < -0.39 is 0 Å². The molecule has 112 valence electrons. The summed E-state index contributed by atoms with van der Waals surface area (Å²) in [6, 6.07) is 11.6. The second-order valence-electron chi connectivity index (χ2n) is 4.58. The van der Waals surface area contributed by atoms with Crippen molar-refractivity contribution < 1.29 is 4.74 Å². The van der Waals surface area contributed by atoms with Crippen LogP contribution in [-0.2, 0) is 6.42 Å². The van der Waals surface area contributed by atoms with Gasteiger partial charge in [-0.3, -0.25) is 11.3 Å². The van der Waals surface area contributed by atoms with E-state index in [-0.39, 0.29) is 6.04 Å². The smallest absolute Gasteiger partial charge is 0.119 e. The van der Waals surface area contributed by atoms with Gasteiger partial charge in [-0.2, -0.15) is 0 Å². The second kappa shape index (κ2) is 7.61. The zero-order valence-electron chi connectivity index (χ0n) is 11.4. The van der Waals surface area contributed by atoms with Crippen molar-refractivity contribution in [2.75, 3.05) is 7.11 Å². The molecule has 1 atom stereocenters. The van der Waals surface area contributed by atoms with E-state index in [1.165, 1.54) is 0 Å².